The first-order valence-corrected chi connectivity index (χ1v) is 13.5. The first-order valence-electron chi connectivity index (χ1n) is 10.8. The van der Waals surface area contributed by atoms with E-state index in [1.165, 1.54) is 12.5 Å². The smallest absolute Gasteiger partial charge is 0.353 e. The Hall–Kier alpha value is -1.84. The average molecular weight is 463 g/mol. The molecule has 7 nitrogen and oxygen atoms in total. The number of aliphatic hydroxyl groups is 1. The molecule has 168 valence electrons. The third-order valence-corrected chi connectivity index (χ3v) is 9.69. The molecule has 0 bridgehead atoms. The van der Waals surface area contributed by atoms with Gasteiger partial charge in [-0.15, -0.1) is 15.7 Å². The van der Waals surface area contributed by atoms with Crippen molar-refractivity contribution in [1.29, 1.82) is 0 Å². The number of amides is 2. The van der Waals surface area contributed by atoms with Crippen molar-refractivity contribution in [2.75, 3.05) is 11.6 Å². The fourth-order valence-electron chi connectivity index (χ4n) is 4.21. The van der Waals surface area contributed by atoms with E-state index < -0.39 is 21.4 Å². The maximum absolute atomic E-state index is 13.2. The number of hydrogen-bond donors (Lipinski definition) is 2. The quantitative estimate of drug-likeness (QED) is 0.674. The molecule has 1 fully saturated rings. The van der Waals surface area contributed by atoms with Crippen LogP contribution in [-0.4, -0.2) is 31.6 Å². The van der Waals surface area contributed by atoms with Gasteiger partial charge in [-0.2, -0.15) is 0 Å². The lowest BCUT2D eigenvalue weighted by atomic mass is 9.99. The van der Waals surface area contributed by atoms with Crippen molar-refractivity contribution in [3.8, 4) is 0 Å². The van der Waals surface area contributed by atoms with E-state index in [9.17, 15) is 14.1 Å². The lowest BCUT2D eigenvalue weighted by Crippen LogP contribution is -2.15. The van der Waals surface area contributed by atoms with Crippen LogP contribution in [0.3, 0.4) is 0 Å². The van der Waals surface area contributed by atoms with Gasteiger partial charge < -0.3 is 10.4 Å². The van der Waals surface area contributed by atoms with Gasteiger partial charge in [0, 0.05) is 23.6 Å². The number of aromatic nitrogens is 2. The number of nitrogens with zero attached hydrogens (tertiary/aromatic N) is 3. The monoisotopic (exact) mass is 462 g/mol. The zero-order valence-electron chi connectivity index (χ0n) is 18.7. The fourth-order valence-corrected chi connectivity index (χ4v) is 6.53. The molecule has 0 radical (unpaired) electrons. The lowest BCUT2D eigenvalue weighted by molar-refractivity contribution is 0.0783. The zero-order chi connectivity index (χ0) is 22.6. The molecule has 0 saturated heterocycles. The Morgan fingerprint density at radius 1 is 1.42 bits per heavy atom. The second-order valence-electron chi connectivity index (χ2n) is 9.17. The summed E-state index contributed by atoms with van der Waals surface area (Å²) in [7, 11) is -2.98. The number of aryl methyl sites for hydroxylation is 1. The van der Waals surface area contributed by atoms with E-state index in [0.717, 1.165) is 71.6 Å². The summed E-state index contributed by atoms with van der Waals surface area (Å²) in [4.78, 5) is 22.0. The molecule has 0 spiro atoms. The summed E-state index contributed by atoms with van der Waals surface area (Å²) in [5.41, 5.74) is 4.07. The van der Waals surface area contributed by atoms with Gasteiger partial charge >= 0.3 is 6.03 Å². The molecule has 2 unspecified atom stereocenters. The summed E-state index contributed by atoms with van der Waals surface area (Å²) in [6.07, 6.45) is 7.62. The van der Waals surface area contributed by atoms with Crippen LogP contribution in [0.5, 0.6) is 0 Å². The summed E-state index contributed by atoms with van der Waals surface area (Å²) in [5.74, 6) is 1.08. The highest BCUT2D eigenvalue weighted by Gasteiger charge is 2.38. The van der Waals surface area contributed by atoms with Crippen molar-refractivity contribution in [2.45, 2.75) is 75.5 Å². The first kappa shape index (κ1) is 22.4. The Bertz CT molecular complexity index is 1160. The number of anilines is 1. The van der Waals surface area contributed by atoms with E-state index >= 15 is 0 Å². The highest BCUT2D eigenvalue weighted by molar-refractivity contribution is 7.95. The van der Waals surface area contributed by atoms with Crippen LogP contribution >= 0.6 is 11.3 Å². The van der Waals surface area contributed by atoms with Gasteiger partial charge in [0.2, 0.25) is 0 Å². The van der Waals surface area contributed by atoms with Crippen molar-refractivity contribution in [3.05, 3.63) is 33.7 Å². The van der Waals surface area contributed by atoms with E-state index in [0.29, 0.717) is 21.1 Å². The van der Waals surface area contributed by atoms with Gasteiger partial charge in [0.25, 0.3) is 0 Å². The SMILES string of the molecule is CCc1c(C2C[C@H]2C)nc2c(c1NC(=O)N=S(C)(=O)c1cnc(C(C)(C)O)s1)CCC2. The van der Waals surface area contributed by atoms with E-state index in [1.54, 1.807) is 13.8 Å². The van der Waals surface area contributed by atoms with Crippen molar-refractivity contribution in [3.63, 3.8) is 0 Å². The molecule has 2 aromatic heterocycles. The molecule has 2 heterocycles. The van der Waals surface area contributed by atoms with Crippen molar-refractivity contribution < 1.29 is 14.1 Å². The summed E-state index contributed by atoms with van der Waals surface area (Å²) < 4.78 is 17.6. The number of thiazole rings is 1. The fraction of sp³-hybridized carbons (Fsp3) is 0.591. The Kier molecular flexibility index (Phi) is 5.72. The number of carbonyl (C=O) groups is 1. The second-order valence-corrected chi connectivity index (χ2v) is 12.7. The molecule has 2 aliphatic carbocycles. The molecular weight excluding hydrogens is 432 g/mol. The van der Waals surface area contributed by atoms with Crippen LogP contribution < -0.4 is 5.32 Å². The Morgan fingerprint density at radius 3 is 2.71 bits per heavy atom. The molecule has 3 atom stereocenters. The Morgan fingerprint density at radius 2 is 2.13 bits per heavy atom. The van der Waals surface area contributed by atoms with Crippen LogP contribution in [-0.2, 0) is 34.6 Å². The number of hydrogen-bond acceptors (Lipinski definition) is 6. The Balaban J connectivity index is 1.68. The molecule has 4 rings (SSSR count). The molecule has 2 aromatic rings. The number of urea groups is 1. The normalized spacial score (nSPS) is 22.0. The summed E-state index contributed by atoms with van der Waals surface area (Å²) in [6, 6.07) is -0.615. The minimum atomic E-state index is -2.98. The van der Waals surface area contributed by atoms with E-state index in [1.807, 2.05) is 0 Å². The molecule has 0 aromatic carbocycles. The molecule has 2 amide bonds. The lowest BCUT2D eigenvalue weighted by Gasteiger charge is -2.18. The van der Waals surface area contributed by atoms with E-state index in [2.05, 4.69) is 28.5 Å². The van der Waals surface area contributed by atoms with Gasteiger partial charge in [-0.05, 0) is 63.0 Å². The van der Waals surface area contributed by atoms with Gasteiger partial charge in [-0.25, -0.2) is 14.0 Å². The first-order chi connectivity index (χ1) is 14.5. The minimum Gasteiger partial charge on any atom is -0.383 e. The van der Waals surface area contributed by atoms with Gasteiger partial charge in [-0.3, -0.25) is 4.98 Å². The van der Waals surface area contributed by atoms with Crippen molar-refractivity contribution in [1.82, 2.24) is 9.97 Å². The number of nitrogens with one attached hydrogen (secondary N) is 1. The summed E-state index contributed by atoms with van der Waals surface area (Å²) in [5, 5.41) is 13.5. The van der Waals surface area contributed by atoms with Gasteiger partial charge in [0.15, 0.2) is 0 Å². The van der Waals surface area contributed by atoms with Gasteiger partial charge in [-0.1, -0.05) is 13.8 Å². The molecule has 2 aliphatic rings. The Labute approximate surface area is 187 Å². The highest BCUT2D eigenvalue weighted by Crippen LogP contribution is 2.49. The topological polar surface area (TPSA) is 105 Å². The van der Waals surface area contributed by atoms with E-state index in [-0.39, 0.29) is 0 Å². The van der Waals surface area contributed by atoms with Gasteiger partial charge in [0.05, 0.1) is 21.6 Å². The van der Waals surface area contributed by atoms with Crippen LogP contribution in [0.1, 0.15) is 74.0 Å². The predicted octanol–water partition coefficient (Wildman–Crippen LogP) is 4.63. The number of carbonyl (C=O) groups excluding carboxylic acids is 1. The number of rotatable bonds is 5. The number of pyridine rings is 1. The molecular formula is C22H30N4O3S2. The predicted molar refractivity (Wildman–Crippen MR) is 123 cm³/mol. The van der Waals surface area contributed by atoms with Crippen LogP contribution in [0, 0.1) is 5.92 Å². The van der Waals surface area contributed by atoms with Crippen molar-refractivity contribution in [2.24, 2.45) is 10.3 Å². The molecule has 1 saturated carbocycles. The maximum Gasteiger partial charge on any atom is 0.353 e. The minimum absolute atomic E-state index is 0.378. The largest absolute Gasteiger partial charge is 0.383 e. The second kappa shape index (κ2) is 7.94. The average Bonchev–Trinajstić information content (AvgIpc) is 3.10. The number of fused-ring (bicyclic) bond motifs is 1. The van der Waals surface area contributed by atoms with Gasteiger partial charge in [0.1, 0.15) is 14.8 Å². The maximum atomic E-state index is 13.2. The van der Waals surface area contributed by atoms with Crippen LogP contribution in [0.15, 0.2) is 14.8 Å². The summed E-state index contributed by atoms with van der Waals surface area (Å²) >= 11 is 1.12. The molecule has 31 heavy (non-hydrogen) atoms. The van der Waals surface area contributed by atoms with Crippen LogP contribution in [0.2, 0.25) is 0 Å². The van der Waals surface area contributed by atoms with E-state index in [4.69, 9.17) is 4.98 Å². The summed E-state index contributed by atoms with van der Waals surface area (Å²) in [6.45, 7) is 7.55. The molecule has 0 aliphatic heterocycles. The zero-order valence-corrected chi connectivity index (χ0v) is 20.3. The van der Waals surface area contributed by atoms with Crippen LogP contribution in [0.4, 0.5) is 10.5 Å². The van der Waals surface area contributed by atoms with Crippen molar-refractivity contribution >= 4 is 32.8 Å². The third kappa shape index (κ3) is 4.40. The molecule has 2 N–H and O–H groups in total. The highest BCUT2D eigenvalue weighted by atomic mass is 32.2. The third-order valence-electron chi connectivity index (χ3n) is 6.04. The standard InChI is InChI=1S/C22H30N4O3S2/c1-6-13-18(14-8-7-9-16(14)24-19(13)15-10-12(15)2)25-21(27)26-31(5,29)17-11-23-20(30-17)22(3,4)28/h11-12,15,28H,6-10H2,1-5H3,(H,24,25,27)/t12-,15?,31?/m1/s1. The molecule has 9 heteroatoms. The van der Waals surface area contributed by atoms with Crippen LogP contribution in [0.25, 0.3) is 0 Å².